The molecule has 6 nitrogen and oxygen atoms in total. The van der Waals surface area contributed by atoms with Crippen molar-refractivity contribution in [1.82, 2.24) is 10.2 Å². The van der Waals surface area contributed by atoms with Gasteiger partial charge in [0.1, 0.15) is 19.0 Å². The SMILES string of the molecule is O=C(OCc1ccccc1)N1C[C@@H]2C[C@H](F)[C@H](O)[C@@H]2C1.O[C@@H]1[C@@H]2CNC[C@@H]2C[C@@H]1F. The van der Waals surface area contributed by atoms with Crippen LogP contribution in [0.3, 0.4) is 0 Å². The van der Waals surface area contributed by atoms with Crippen molar-refractivity contribution in [2.75, 3.05) is 26.2 Å². The molecule has 1 aromatic carbocycles. The third-order valence-corrected chi connectivity index (χ3v) is 7.02. The van der Waals surface area contributed by atoms with Crippen molar-refractivity contribution in [3.05, 3.63) is 35.9 Å². The van der Waals surface area contributed by atoms with Crippen molar-refractivity contribution in [2.45, 2.75) is 44.0 Å². The molecule has 1 aromatic rings. The summed E-state index contributed by atoms with van der Waals surface area (Å²) in [7, 11) is 0. The molecule has 5 rings (SSSR count). The Hall–Kier alpha value is -1.77. The summed E-state index contributed by atoms with van der Waals surface area (Å²) >= 11 is 0. The quantitative estimate of drug-likeness (QED) is 0.676. The van der Waals surface area contributed by atoms with Crippen molar-refractivity contribution < 1.29 is 28.5 Å². The average molecular weight is 424 g/mol. The zero-order valence-electron chi connectivity index (χ0n) is 16.9. The van der Waals surface area contributed by atoms with Crippen LogP contribution in [0.25, 0.3) is 0 Å². The lowest BCUT2D eigenvalue weighted by molar-refractivity contribution is 0.0588. The molecular weight excluding hydrogens is 394 g/mol. The number of aliphatic hydroxyl groups excluding tert-OH is 2. The van der Waals surface area contributed by atoms with Crippen molar-refractivity contribution in [3.8, 4) is 0 Å². The molecule has 0 aromatic heterocycles. The van der Waals surface area contributed by atoms with Gasteiger partial charge in [0, 0.05) is 31.5 Å². The van der Waals surface area contributed by atoms with Crippen LogP contribution in [-0.4, -0.2) is 71.9 Å². The van der Waals surface area contributed by atoms with Crippen LogP contribution < -0.4 is 5.32 Å². The van der Waals surface area contributed by atoms with Gasteiger partial charge in [-0.1, -0.05) is 30.3 Å². The molecule has 2 heterocycles. The fourth-order valence-corrected chi connectivity index (χ4v) is 5.30. The van der Waals surface area contributed by atoms with E-state index in [1.54, 1.807) is 4.90 Å². The van der Waals surface area contributed by atoms with Gasteiger partial charge in [0.05, 0.1) is 12.2 Å². The molecule has 8 heteroatoms. The van der Waals surface area contributed by atoms with Gasteiger partial charge in [-0.25, -0.2) is 13.6 Å². The third kappa shape index (κ3) is 4.45. The first-order valence-electron chi connectivity index (χ1n) is 10.7. The summed E-state index contributed by atoms with van der Waals surface area (Å²) in [5.41, 5.74) is 0.934. The number of hydrogen-bond donors (Lipinski definition) is 3. The van der Waals surface area contributed by atoms with E-state index >= 15 is 0 Å². The zero-order valence-corrected chi connectivity index (χ0v) is 16.9. The number of likely N-dealkylation sites (tertiary alicyclic amines) is 1. The lowest BCUT2D eigenvalue weighted by Crippen LogP contribution is -2.33. The minimum atomic E-state index is -1.15. The normalized spacial score (nSPS) is 39.3. The predicted molar refractivity (Wildman–Crippen MR) is 106 cm³/mol. The number of aliphatic hydroxyl groups is 2. The van der Waals surface area contributed by atoms with Crippen molar-refractivity contribution >= 4 is 6.09 Å². The molecule has 2 aliphatic carbocycles. The second-order valence-electron chi connectivity index (χ2n) is 8.94. The molecule has 0 unspecified atom stereocenters. The molecule has 0 spiro atoms. The summed E-state index contributed by atoms with van der Waals surface area (Å²) < 4.78 is 31.4. The number of hydrogen-bond acceptors (Lipinski definition) is 5. The van der Waals surface area contributed by atoms with E-state index < -0.39 is 24.6 Å². The van der Waals surface area contributed by atoms with Gasteiger partial charge in [-0.05, 0) is 36.8 Å². The first-order chi connectivity index (χ1) is 14.4. The van der Waals surface area contributed by atoms with Crippen LogP contribution in [0, 0.1) is 23.7 Å². The minimum absolute atomic E-state index is 0.0595. The Labute approximate surface area is 175 Å². The number of halogens is 2. The Balaban J connectivity index is 0.000000181. The van der Waals surface area contributed by atoms with Crippen molar-refractivity contribution in [1.29, 1.82) is 0 Å². The average Bonchev–Trinajstić information content (AvgIpc) is 3.49. The molecule has 2 saturated carbocycles. The second kappa shape index (κ2) is 9.16. The highest BCUT2D eigenvalue weighted by atomic mass is 19.1. The van der Waals surface area contributed by atoms with E-state index in [2.05, 4.69) is 5.32 Å². The molecule has 1 amide bonds. The Kier molecular flexibility index (Phi) is 6.55. The molecule has 0 bridgehead atoms. The number of amides is 1. The maximum atomic E-state index is 13.4. The monoisotopic (exact) mass is 424 g/mol. The number of nitrogens with one attached hydrogen (secondary N) is 1. The van der Waals surface area contributed by atoms with E-state index in [-0.39, 0.29) is 30.5 Å². The molecule has 4 fully saturated rings. The summed E-state index contributed by atoms with van der Waals surface area (Å²) in [6, 6.07) is 9.47. The molecule has 8 atom stereocenters. The number of carbonyl (C=O) groups excluding carboxylic acids is 1. The van der Waals surface area contributed by atoms with Crippen LogP contribution in [0.15, 0.2) is 30.3 Å². The molecular formula is C22H30F2N2O4. The van der Waals surface area contributed by atoms with Gasteiger partial charge in [-0.3, -0.25) is 0 Å². The zero-order chi connectivity index (χ0) is 21.3. The fraction of sp³-hybridized carbons (Fsp3) is 0.682. The summed E-state index contributed by atoms with van der Waals surface area (Å²) in [5, 5.41) is 22.1. The van der Waals surface area contributed by atoms with Gasteiger partial charge in [0.2, 0.25) is 0 Å². The number of ether oxygens (including phenoxy) is 1. The number of rotatable bonds is 2. The van der Waals surface area contributed by atoms with E-state index in [4.69, 9.17) is 4.74 Å². The molecule has 0 radical (unpaired) electrons. The van der Waals surface area contributed by atoms with Crippen LogP contribution in [-0.2, 0) is 11.3 Å². The van der Waals surface area contributed by atoms with Gasteiger partial charge < -0.3 is 25.2 Å². The van der Waals surface area contributed by atoms with Gasteiger partial charge in [-0.2, -0.15) is 0 Å². The summed E-state index contributed by atoms with van der Waals surface area (Å²) in [6.45, 7) is 2.80. The fourth-order valence-electron chi connectivity index (χ4n) is 5.30. The third-order valence-electron chi connectivity index (χ3n) is 7.02. The summed E-state index contributed by atoms with van der Waals surface area (Å²) in [4.78, 5) is 13.5. The van der Waals surface area contributed by atoms with Gasteiger partial charge in [0.25, 0.3) is 0 Å². The van der Waals surface area contributed by atoms with E-state index in [0.717, 1.165) is 18.7 Å². The number of nitrogens with zero attached hydrogens (tertiary/aromatic N) is 1. The second-order valence-corrected chi connectivity index (χ2v) is 8.94. The van der Waals surface area contributed by atoms with Gasteiger partial charge in [-0.15, -0.1) is 0 Å². The Morgan fingerprint density at radius 2 is 1.67 bits per heavy atom. The van der Waals surface area contributed by atoms with Crippen LogP contribution in [0.4, 0.5) is 13.6 Å². The lowest BCUT2D eigenvalue weighted by Gasteiger charge is -2.19. The number of alkyl halides is 2. The maximum Gasteiger partial charge on any atom is 0.410 e. The molecule has 2 aliphatic heterocycles. The molecule has 2 saturated heterocycles. The highest BCUT2D eigenvalue weighted by Crippen LogP contribution is 2.40. The predicted octanol–water partition coefficient (Wildman–Crippen LogP) is 1.90. The van der Waals surface area contributed by atoms with E-state index in [9.17, 15) is 23.8 Å². The molecule has 4 aliphatic rings. The van der Waals surface area contributed by atoms with E-state index in [1.165, 1.54) is 0 Å². The maximum absolute atomic E-state index is 13.4. The highest BCUT2D eigenvalue weighted by molar-refractivity contribution is 5.68. The van der Waals surface area contributed by atoms with Crippen LogP contribution in [0.1, 0.15) is 18.4 Å². The van der Waals surface area contributed by atoms with E-state index in [0.29, 0.717) is 31.8 Å². The van der Waals surface area contributed by atoms with Gasteiger partial charge >= 0.3 is 6.09 Å². The number of fused-ring (bicyclic) bond motifs is 2. The van der Waals surface area contributed by atoms with Gasteiger partial charge in [0.15, 0.2) is 0 Å². The first-order valence-corrected chi connectivity index (χ1v) is 10.7. The molecule has 3 N–H and O–H groups in total. The standard InChI is InChI=1S/C15H18FNO3.C7H12FNO/c16-13-6-11-7-17(8-12(11)14(13)18)15(19)20-9-10-4-2-1-3-5-10;8-6-1-4-2-9-3-5(4)7(6)10/h1-5,11-14,18H,6-9H2;4-7,9-10H,1-3H2/t11-,12+,13-,14+;4-,5+,6-,7+/m00/s1. The molecule has 166 valence electrons. The van der Waals surface area contributed by atoms with Crippen molar-refractivity contribution in [3.63, 3.8) is 0 Å². The van der Waals surface area contributed by atoms with E-state index in [1.807, 2.05) is 30.3 Å². The van der Waals surface area contributed by atoms with Crippen LogP contribution in [0.5, 0.6) is 0 Å². The topological polar surface area (TPSA) is 82.0 Å². The number of carbonyl (C=O) groups is 1. The summed E-state index contributed by atoms with van der Waals surface area (Å²) in [6.07, 6.45) is -3.23. The smallest absolute Gasteiger partial charge is 0.410 e. The largest absolute Gasteiger partial charge is 0.445 e. The Bertz CT molecular complexity index is 722. The first kappa shape index (κ1) is 21.5. The Morgan fingerprint density at radius 3 is 2.33 bits per heavy atom. The lowest BCUT2D eigenvalue weighted by atomic mass is 10.00. The number of benzene rings is 1. The minimum Gasteiger partial charge on any atom is -0.445 e. The Morgan fingerprint density at radius 1 is 1.00 bits per heavy atom. The van der Waals surface area contributed by atoms with Crippen molar-refractivity contribution in [2.24, 2.45) is 23.7 Å². The molecule has 30 heavy (non-hydrogen) atoms. The summed E-state index contributed by atoms with van der Waals surface area (Å²) in [5.74, 6) is 0.499. The van der Waals surface area contributed by atoms with Crippen LogP contribution in [0.2, 0.25) is 0 Å². The highest BCUT2D eigenvalue weighted by Gasteiger charge is 2.49. The van der Waals surface area contributed by atoms with Crippen LogP contribution >= 0.6 is 0 Å².